The van der Waals surface area contributed by atoms with Crippen LogP contribution in [0.3, 0.4) is 0 Å². The summed E-state index contributed by atoms with van der Waals surface area (Å²) < 4.78 is 13.0. The fraction of sp³-hybridized carbons (Fsp3) is 0.407. The topological polar surface area (TPSA) is 72.8 Å². The summed E-state index contributed by atoms with van der Waals surface area (Å²) in [5.41, 5.74) is 1.22. The lowest BCUT2D eigenvalue weighted by Crippen LogP contribution is -2.63. The minimum atomic E-state index is -1.09. The van der Waals surface area contributed by atoms with Crippen LogP contribution in [0.25, 0.3) is 10.9 Å². The van der Waals surface area contributed by atoms with Crippen LogP contribution in [0.1, 0.15) is 43.2 Å². The van der Waals surface area contributed by atoms with Crippen molar-refractivity contribution in [2.45, 2.75) is 45.8 Å². The zero-order valence-electron chi connectivity index (χ0n) is 20.6. The van der Waals surface area contributed by atoms with Crippen LogP contribution in [0, 0.1) is 5.92 Å². The number of nitrogens with one attached hydrogen (secondary N) is 1. The zero-order valence-corrected chi connectivity index (χ0v) is 20.6. The highest BCUT2D eigenvalue weighted by Gasteiger charge is 2.47. The molecule has 1 aliphatic heterocycles. The highest BCUT2D eigenvalue weighted by molar-refractivity contribution is 6.03. The molecule has 1 aromatic heterocycles. The van der Waals surface area contributed by atoms with E-state index in [-0.39, 0.29) is 18.4 Å². The van der Waals surface area contributed by atoms with Gasteiger partial charge in [-0.15, -0.1) is 0 Å². The van der Waals surface area contributed by atoms with Crippen molar-refractivity contribution in [2.75, 3.05) is 20.8 Å². The molecule has 1 unspecified atom stereocenters. The predicted molar refractivity (Wildman–Crippen MR) is 132 cm³/mol. The Bertz CT molecular complexity index is 1220. The predicted octanol–water partition coefficient (Wildman–Crippen LogP) is 4.24. The number of amides is 2. The summed E-state index contributed by atoms with van der Waals surface area (Å²) in [4.78, 5) is 29.2. The molecule has 7 heteroatoms. The lowest BCUT2D eigenvalue weighted by molar-refractivity contribution is -0.133. The number of carbonyl (C=O) groups is 2. The van der Waals surface area contributed by atoms with Crippen molar-refractivity contribution >= 4 is 22.7 Å². The maximum absolute atomic E-state index is 13.9. The summed E-state index contributed by atoms with van der Waals surface area (Å²) in [6, 6.07) is 15.4. The van der Waals surface area contributed by atoms with Gasteiger partial charge in [-0.2, -0.15) is 0 Å². The lowest BCUT2D eigenvalue weighted by atomic mass is 9.93. The summed E-state index contributed by atoms with van der Waals surface area (Å²) in [7, 11) is 3.16. The quantitative estimate of drug-likeness (QED) is 0.543. The Balaban J connectivity index is 1.78. The number of aromatic nitrogens is 1. The average Bonchev–Trinajstić information content (AvgIpc) is 3.19. The molecule has 4 rings (SSSR count). The van der Waals surface area contributed by atoms with Crippen LogP contribution in [0.4, 0.5) is 0 Å². The first kappa shape index (κ1) is 23.7. The number of rotatable bonds is 8. The minimum absolute atomic E-state index is 0.160. The van der Waals surface area contributed by atoms with Gasteiger partial charge >= 0.3 is 0 Å². The summed E-state index contributed by atoms with van der Waals surface area (Å²) in [5, 5.41) is 4.06. The van der Waals surface area contributed by atoms with E-state index in [1.54, 1.807) is 19.1 Å². The molecule has 0 radical (unpaired) electrons. The van der Waals surface area contributed by atoms with Crippen molar-refractivity contribution in [1.82, 2.24) is 14.8 Å². The smallest absolute Gasteiger partial charge is 0.271 e. The Morgan fingerprint density at radius 2 is 1.88 bits per heavy atom. The Hall–Kier alpha value is -3.48. The second kappa shape index (κ2) is 9.41. The van der Waals surface area contributed by atoms with Gasteiger partial charge in [0.25, 0.3) is 5.91 Å². The molecule has 1 aliphatic rings. The lowest BCUT2D eigenvalue weighted by Gasteiger charge is -2.44. The van der Waals surface area contributed by atoms with E-state index in [0.29, 0.717) is 36.2 Å². The number of ether oxygens (including phenoxy) is 2. The largest absolute Gasteiger partial charge is 0.493 e. The van der Waals surface area contributed by atoms with Crippen LogP contribution < -0.4 is 14.8 Å². The highest BCUT2D eigenvalue weighted by atomic mass is 16.5. The van der Waals surface area contributed by atoms with Crippen LogP contribution in [-0.2, 0) is 17.9 Å². The van der Waals surface area contributed by atoms with E-state index in [0.717, 1.165) is 22.9 Å². The van der Waals surface area contributed by atoms with Gasteiger partial charge in [0.05, 0.1) is 27.3 Å². The third-order valence-electron chi connectivity index (χ3n) is 6.65. The Kier molecular flexibility index (Phi) is 6.55. The molecular weight excluding hydrogens is 430 g/mol. The van der Waals surface area contributed by atoms with Crippen LogP contribution >= 0.6 is 0 Å². The molecule has 0 saturated carbocycles. The number of para-hydroxylation sites is 2. The summed E-state index contributed by atoms with van der Waals surface area (Å²) in [6.45, 7) is 7.24. The molecule has 1 N–H and O–H groups in total. The van der Waals surface area contributed by atoms with E-state index in [1.807, 2.05) is 60.0 Å². The average molecular weight is 464 g/mol. The van der Waals surface area contributed by atoms with Gasteiger partial charge in [0.15, 0.2) is 11.5 Å². The highest BCUT2D eigenvalue weighted by Crippen LogP contribution is 2.37. The molecule has 1 atom stereocenters. The van der Waals surface area contributed by atoms with Crippen molar-refractivity contribution in [3.63, 3.8) is 0 Å². The molecule has 34 heavy (non-hydrogen) atoms. The first-order valence-electron chi connectivity index (χ1n) is 11.7. The summed E-state index contributed by atoms with van der Waals surface area (Å²) in [6.07, 6.45) is 0.872. The number of fused-ring (bicyclic) bond motifs is 3. The SMILES string of the molecule is COc1cccc(CN2C(=O)c3cc4ccccc4n3CC2(C)C(=O)NCCC(C)C)c1OC. The van der Waals surface area contributed by atoms with E-state index in [9.17, 15) is 9.59 Å². The van der Waals surface area contributed by atoms with Crippen molar-refractivity contribution in [3.8, 4) is 11.5 Å². The van der Waals surface area contributed by atoms with Crippen LogP contribution in [0.2, 0.25) is 0 Å². The van der Waals surface area contributed by atoms with E-state index in [2.05, 4.69) is 19.2 Å². The third-order valence-corrected chi connectivity index (χ3v) is 6.65. The normalized spacial score (nSPS) is 17.7. The number of hydrogen-bond acceptors (Lipinski definition) is 4. The van der Waals surface area contributed by atoms with Crippen molar-refractivity contribution < 1.29 is 19.1 Å². The Labute approximate surface area is 200 Å². The van der Waals surface area contributed by atoms with Crippen molar-refractivity contribution in [2.24, 2.45) is 5.92 Å². The fourth-order valence-electron chi connectivity index (χ4n) is 4.67. The first-order chi connectivity index (χ1) is 16.3. The molecule has 7 nitrogen and oxygen atoms in total. The van der Waals surface area contributed by atoms with Crippen LogP contribution in [0.5, 0.6) is 11.5 Å². The van der Waals surface area contributed by atoms with Crippen LogP contribution in [-0.4, -0.2) is 47.6 Å². The van der Waals surface area contributed by atoms with Gasteiger partial charge in [0, 0.05) is 23.0 Å². The van der Waals surface area contributed by atoms with Gasteiger partial charge in [-0.25, -0.2) is 0 Å². The second-order valence-corrected chi connectivity index (χ2v) is 9.43. The van der Waals surface area contributed by atoms with Crippen molar-refractivity contribution in [1.29, 1.82) is 0 Å². The molecule has 2 amide bonds. The molecule has 3 aromatic rings. The molecule has 0 saturated heterocycles. The molecule has 0 fully saturated rings. The summed E-state index contributed by atoms with van der Waals surface area (Å²) >= 11 is 0. The minimum Gasteiger partial charge on any atom is -0.493 e. The third kappa shape index (κ3) is 4.11. The van der Waals surface area contributed by atoms with E-state index < -0.39 is 5.54 Å². The van der Waals surface area contributed by atoms with Gasteiger partial charge in [-0.1, -0.05) is 44.2 Å². The maximum Gasteiger partial charge on any atom is 0.271 e. The van der Waals surface area contributed by atoms with Gasteiger partial charge < -0.3 is 24.3 Å². The number of hydrogen-bond donors (Lipinski definition) is 1. The summed E-state index contributed by atoms with van der Waals surface area (Å²) in [5.74, 6) is 1.27. The van der Waals surface area contributed by atoms with E-state index in [1.165, 1.54) is 0 Å². The molecular formula is C27H33N3O4. The molecule has 0 aliphatic carbocycles. The second-order valence-electron chi connectivity index (χ2n) is 9.43. The Morgan fingerprint density at radius 1 is 1.12 bits per heavy atom. The monoisotopic (exact) mass is 463 g/mol. The molecule has 0 spiro atoms. The molecule has 0 bridgehead atoms. The molecule has 180 valence electrons. The van der Waals surface area contributed by atoms with Gasteiger partial charge in [-0.3, -0.25) is 9.59 Å². The molecule has 2 heterocycles. The zero-order chi connectivity index (χ0) is 24.5. The number of nitrogens with zero attached hydrogens (tertiary/aromatic N) is 2. The fourth-order valence-corrected chi connectivity index (χ4v) is 4.67. The van der Waals surface area contributed by atoms with E-state index in [4.69, 9.17) is 9.47 Å². The van der Waals surface area contributed by atoms with Gasteiger partial charge in [0.2, 0.25) is 5.91 Å². The van der Waals surface area contributed by atoms with Crippen molar-refractivity contribution in [3.05, 3.63) is 59.8 Å². The van der Waals surface area contributed by atoms with Crippen LogP contribution in [0.15, 0.2) is 48.5 Å². The van der Waals surface area contributed by atoms with Gasteiger partial charge in [-0.05, 0) is 37.5 Å². The van der Waals surface area contributed by atoms with Gasteiger partial charge in [0.1, 0.15) is 11.2 Å². The molecule has 2 aromatic carbocycles. The number of benzene rings is 2. The first-order valence-corrected chi connectivity index (χ1v) is 11.7. The number of carbonyl (C=O) groups excluding carboxylic acids is 2. The Morgan fingerprint density at radius 3 is 2.59 bits per heavy atom. The van der Waals surface area contributed by atoms with E-state index >= 15 is 0 Å². The maximum atomic E-state index is 13.9. The number of methoxy groups -OCH3 is 2. The standard InChI is InChI=1S/C27H33N3O4/c1-18(2)13-14-28-26(32)27(3)17-29-21-11-7-6-9-19(21)15-22(29)25(31)30(27)16-20-10-8-12-23(33-4)24(20)34-5/h6-12,15,18H,13-14,16-17H2,1-5H3,(H,28,32).